The van der Waals surface area contributed by atoms with Crippen LogP contribution < -0.4 is 0 Å². The topological polar surface area (TPSA) is 26.3 Å². The summed E-state index contributed by atoms with van der Waals surface area (Å²) in [5.74, 6) is 0.672. The van der Waals surface area contributed by atoms with Crippen LogP contribution >= 0.6 is 11.8 Å². The molecule has 2 aromatic carbocycles. The molecule has 1 atom stereocenters. The molecule has 0 aliphatic carbocycles. The lowest BCUT2D eigenvalue weighted by molar-refractivity contribution is -0.109. The number of thioether (sulfide) groups is 1. The Balaban J connectivity index is 2.15. The maximum absolute atomic E-state index is 11.1. The summed E-state index contributed by atoms with van der Waals surface area (Å²) in [7, 11) is 0. The van der Waals surface area contributed by atoms with Gasteiger partial charge in [0.1, 0.15) is 6.10 Å². The SMILES string of the molecule is CC(=O)SCC(C)OC(c1ccccc1)c1ccccc1. The van der Waals surface area contributed by atoms with E-state index in [0.29, 0.717) is 5.75 Å². The molecule has 2 nitrogen and oxygen atoms in total. The van der Waals surface area contributed by atoms with Crippen molar-refractivity contribution in [2.45, 2.75) is 26.1 Å². The van der Waals surface area contributed by atoms with Crippen molar-refractivity contribution in [1.82, 2.24) is 0 Å². The Labute approximate surface area is 130 Å². The van der Waals surface area contributed by atoms with Crippen molar-refractivity contribution in [2.24, 2.45) is 0 Å². The number of hydrogen-bond donors (Lipinski definition) is 0. The summed E-state index contributed by atoms with van der Waals surface area (Å²) in [5, 5.41) is 0.126. The van der Waals surface area contributed by atoms with Gasteiger partial charge in [-0.05, 0) is 18.1 Å². The van der Waals surface area contributed by atoms with E-state index in [1.807, 2.05) is 43.3 Å². The third-order valence-corrected chi connectivity index (χ3v) is 4.14. The number of carbonyl (C=O) groups is 1. The van der Waals surface area contributed by atoms with E-state index in [0.717, 1.165) is 11.1 Å². The Morgan fingerprint density at radius 3 is 1.90 bits per heavy atom. The largest absolute Gasteiger partial charge is 0.365 e. The molecule has 0 heterocycles. The van der Waals surface area contributed by atoms with Gasteiger partial charge in [0, 0.05) is 12.7 Å². The van der Waals surface area contributed by atoms with Crippen LogP contribution in [-0.2, 0) is 9.53 Å². The first kappa shape index (κ1) is 15.8. The molecule has 2 rings (SSSR count). The lowest BCUT2D eigenvalue weighted by atomic mass is 10.0. The van der Waals surface area contributed by atoms with E-state index < -0.39 is 0 Å². The lowest BCUT2D eigenvalue weighted by Crippen LogP contribution is -2.17. The first-order valence-corrected chi connectivity index (χ1v) is 8.04. The Hall–Kier alpha value is -1.58. The third kappa shape index (κ3) is 5.03. The molecule has 0 amide bonds. The second-order valence-corrected chi connectivity index (χ2v) is 6.15. The third-order valence-electron chi connectivity index (χ3n) is 3.09. The van der Waals surface area contributed by atoms with Crippen molar-refractivity contribution >= 4 is 16.9 Å². The van der Waals surface area contributed by atoms with Crippen LogP contribution in [-0.4, -0.2) is 17.0 Å². The molecule has 0 bridgehead atoms. The Kier molecular flexibility index (Phi) is 6.03. The Bertz CT molecular complexity index is 514. The van der Waals surface area contributed by atoms with Crippen LogP contribution in [0.5, 0.6) is 0 Å². The zero-order valence-electron chi connectivity index (χ0n) is 12.4. The van der Waals surface area contributed by atoms with Crippen LogP contribution in [0.2, 0.25) is 0 Å². The fourth-order valence-electron chi connectivity index (χ4n) is 2.11. The number of hydrogen-bond acceptors (Lipinski definition) is 3. The van der Waals surface area contributed by atoms with Crippen LogP contribution in [0.1, 0.15) is 31.1 Å². The van der Waals surface area contributed by atoms with Crippen LogP contribution in [0.15, 0.2) is 60.7 Å². The highest BCUT2D eigenvalue weighted by Crippen LogP contribution is 2.27. The second kappa shape index (κ2) is 8.01. The van der Waals surface area contributed by atoms with E-state index in [2.05, 4.69) is 24.3 Å². The van der Waals surface area contributed by atoms with Crippen molar-refractivity contribution in [2.75, 3.05) is 5.75 Å². The lowest BCUT2D eigenvalue weighted by Gasteiger charge is -2.23. The highest BCUT2D eigenvalue weighted by molar-refractivity contribution is 8.13. The van der Waals surface area contributed by atoms with Crippen LogP contribution in [0.4, 0.5) is 0 Å². The van der Waals surface area contributed by atoms with Crippen molar-refractivity contribution in [3.8, 4) is 0 Å². The second-order valence-electron chi connectivity index (χ2n) is 4.95. The van der Waals surface area contributed by atoms with Gasteiger partial charge in [0.2, 0.25) is 0 Å². The normalized spacial score (nSPS) is 12.3. The summed E-state index contributed by atoms with van der Waals surface area (Å²) in [4.78, 5) is 11.1. The number of rotatable bonds is 6. The van der Waals surface area contributed by atoms with Gasteiger partial charge in [0.05, 0.1) is 6.10 Å². The molecule has 0 saturated carbocycles. The van der Waals surface area contributed by atoms with Gasteiger partial charge in [0.25, 0.3) is 0 Å². The quantitative estimate of drug-likeness (QED) is 0.788. The zero-order valence-corrected chi connectivity index (χ0v) is 13.2. The first-order valence-electron chi connectivity index (χ1n) is 7.05. The molecule has 0 fully saturated rings. The van der Waals surface area contributed by atoms with E-state index in [9.17, 15) is 4.79 Å². The van der Waals surface area contributed by atoms with Gasteiger partial charge in [-0.15, -0.1) is 0 Å². The smallest absolute Gasteiger partial charge is 0.185 e. The fourth-order valence-corrected chi connectivity index (χ4v) is 2.66. The minimum atomic E-state index is -0.102. The first-order chi connectivity index (χ1) is 10.2. The molecule has 3 heteroatoms. The molecule has 0 aliphatic rings. The molecule has 2 aromatic rings. The molecular weight excluding hydrogens is 280 g/mol. The number of benzene rings is 2. The molecule has 0 aliphatic heterocycles. The average molecular weight is 300 g/mol. The van der Waals surface area contributed by atoms with Crippen LogP contribution in [0.3, 0.4) is 0 Å². The predicted octanol–water partition coefficient (Wildman–Crippen LogP) is 4.46. The van der Waals surface area contributed by atoms with Gasteiger partial charge in [-0.3, -0.25) is 4.79 Å². The molecule has 21 heavy (non-hydrogen) atoms. The van der Waals surface area contributed by atoms with E-state index >= 15 is 0 Å². The summed E-state index contributed by atoms with van der Waals surface area (Å²) in [6, 6.07) is 20.4. The summed E-state index contributed by atoms with van der Waals surface area (Å²) in [6.45, 7) is 3.60. The highest BCUT2D eigenvalue weighted by atomic mass is 32.2. The van der Waals surface area contributed by atoms with Gasteiger partial charge in [-0.2, -0.15) is 0 Å². The van der Waals surface area contributed by atoms with E-state index in [4.69, 9.17) is 4.74 Å². The molecule has 0 spiro atoms. The predicted molar refractivity (Wildman–Crippen MR) is 88.4 cm³/mol. The summed E-state index contributed by atoms with van der Waals surface area (Å²) < 4.78 is 6.20. The molecule has 0 aromatic heterocycles. The Morgan fingerprint density at radius 2 is 1.48 bits per heavy atom. The van der Waals surface area contributed by atoms with Crippen LogP contribution in [0.25, 0.3) is 0 Å². The number of ether oxygens (including phenoxy) is 1. The zero-order chi connectivity index (χ0) is 15.1. The van der Waals surface area contributed by atoms with Crippen molar-refractivity contribution in [3.63, 3.8) is 0 Å². The van der Waals surface area contributed by atoms with Gasteiger partial charge in [-0.25, -0.2) is 0 Å². The standard InChI is InChI=1S/C18H20O2S/c1-14(13-21-15(2)19)20-18(16-9-5-3-6-10-16)17-11-7-4-8-12-17/h3-12,14,18H,13H2,1-2H3. The van der Waals surface area contributed by atoms with Gasteiger partial charge in [-0.1, -0.05) is 72.4 Å². The van der Waals surface area contributed by atoms with E-state index in [-0.39, 0.29) is 17.3 Å². The van der Waals surface area contributed by atoms with Crippen molar-refractivity contribution in [3.05, 3.63) is 71.8 Å². The summed E-state index contributed by atoms with van der Waals surface area (Å²) in [5.41, 5.74) is 2.26. The van der Waals surface area contributed by atoms with Crippen molar-refractivity contribution in [1.29, 1.82) is 0 Å². The van der Waals surface area contributed by atoms with Gasteiger partial charge < -0.3 is 4.74 Å². The molecule has 0 saturated heterocycles. The molecule has 0 N–H and O–H groups in total. The maximum Gasteiger partial charge on any atom is 0.185 e. The van der Waals surface area contributed by atoms with Gasteiger partial charge in [0.15, 0.2) is 5.12 Å². The fraction of sp³-hybridized carbons (Fsp3) is 0.278. The molecule has 110 valence electrons. The maximum atomic E-state index is 11.1. The molecule has 0 radical (unpaired) electrons. The summed E-state index contributed by atoms with van der Waals surface area (Å²) >= 11 is 1.31. The van der Waals surface area contributed by atoms with Crippen LogP contribution in [0, 0.1) is 0 Å². The van der Waals surface area contributed by atoms with Gasteiger partial charge >= 0.3 is 0 Å². The monoisotopic (exact) mass is 300 g/mol. The minimum Gasteiger partial charge on any atom is -0.365 e. The minimum absolute atomic E-state index is 0.00399. The van der Waals surface area contributed by atoms with E-state index in [1.165, 1.54) is 11.8 Å². The number of carbonyl (C=O) groups excluding carboxylic acids is 1. The van der Waals surface area contributed by atoms with Crippen molar-refractivity contribution < 1.29 is 9.53 Å². The summed E-state index contributed by atoms with van der Waals surface area (Å²) in [6.07, 6.45) is -0.0979. The highest BCUT2D eigenvalue weighted by Gasteiger charge is 2.18. The Morgan fingerprint density at radius 1 is 1.00 bits per heavy atom. The molecular formula is C18H20O2S. The van der Waals surface area contributed by atoms with E-state index in [1.54, 1.807) is 6.92 Å². The molecule has 1 unspecified atom stereocenters. The average Bonchev–Trinajstić information content (AvgIpc) is 2.52.